The third-order valence-corrected chi connectivity index (χ3v) is 1.27. The molecule has 0 heterocycles. The Balaban J connectivity index is 3.67. The van der Waals surface area contributed by atoms with Gasteiger partial charge in [0.05, 0.1) is 6.61 Å². The van der Waals surface area contributed by atoms with E-state index in [2.05, 4.69) is 10.4 Å². The molecule has 0 aromatic rings. The predicted molar refractivity (Wildman–Crippen MR) is 51.0 cm³/mol. The number of aliphatic imine (C=N–C) groups is 1. The summed E-state index contributed by atoms with van der Waals surface area (Å²) in [4.78, 5) is 4.27. The van der Waals surface area contributed by atoms with E-state index >= 15 is 0 Å². The molecule has 0 atom stereocenters. The van der Waals surface area contributed by atoms with Gasteiger partial charge in [0.25, 0.3) is 0 Å². The maximum Gasteiger partial charge on any atom is 0.113 e. The van der Waals surface area contributed by atoms with Crippen LogP contribution in [0, 0.1) is 0 Å². The zero-order valence-corrected chi connectivity index (χ0v) is 8.13. The molecule has 0 aliphatic carbocycles. The lowest BCUT2D eigenvalue weighted by Crippen LogP contribution is -2.32. The highest BCUT2D eigenvalue weighted by Gasteiger charge is 1.97. The average Bonchev–Trinajstić information content (AvgIpc) is 2.02. The summed E-state index contributed by atoms with van der Waals surface area (Å²) in [5, 5.41) is 0. The van der Waals surface area contributed by atoms with E-state index in [0.717, 1.165) is 18.9 Å². The van der Waals surface area contributed by atoms with Crippen LogP contribution in [0.15, 0.2) is 4.99 Å². The van der Waals surface area contributed by atoms with Gasteiger partial charge < -0.3 is 10.2 Å². The second-order valence-corrected chi connectivity index (χ2v) is 2.76. The molecular formula is C8H19N3O. The molecule has 3 N–H and O–H groups in total. The van der Waals surface area contributed by atoms with Gasteiger partial charge in [-0.25, -0.2) is 5.84 Å². The van der Waals surface area contributed by atoms with E-state index in [1.807, 2.05) is 20.8 Å². The summed E-state index contributed by atoms with van der Waals surface area (Å²) < 4.78 is 5.17. The Bertz CT molecular complexity index is 134. The lowest BCUT2D eigenvalue weighted by molar-refractivity contribution is 0.154. The van der Waals surface area contributed by atoms with Crippen LogP contribution in [0.1, 0.15) is 27.2 Å². The van der Waals surface area contributed by atoms with Crippen molar-refractivity contribution in [3.05, 3.63) is 0 Å². The molecule has 4 heteroatoms. The number of nitrogens with one attached hydrogen (secondary N) is 1. The van der Waals surface area contributed by atoms with Crippen molar-refractivity contribution in [2.24, 2.45) is 10.8 Å². The second-order valence-electron chi connectivity index (χ2n) is 2.76. The predicted octanol–water partition coefficient (Wildman–Crippen LogP) is 0.683. The minimum atomic E-state index is 0.276. The van der Waals surface area contributed by atoms with Gasteiger partial charge in [-0.2, -0.15) is 0 Å². The Morgan fingerprint density at radius 3 is 2.67 bits per heavy atom. The zero-order valence-electron chi connectivity index (χ0n) is 8.13. The van der Waals surface area contributed by atoms with Crippen molar-refractivity contribution in [2.75, 3.05) is 13.2 Å². The van der Waals surface area contributed by atoms with Crippen molar-refractivity contribution < 1.29 is 4.74 Å². The molecule has 0 saturated carbocycles. The molecule has 12 heavy (non-hydrogen) atoms. The van der Waals surface area contributed by atoms with E-state index < -0.39 is 0 Å². The van der Waals surface area contributed by atoms with Crippen LogP contribution in [0.4, 0.5) is 0 Å². The van der Waals surface area contributed by atoms with E-state index in [-0.39, 0.29) is 6.04 Å². The molecule has 0 spiro atoms. The SMILES string of the molecule is CCOCCC(=NC(C)C)NN. The van der Waals surface area contributed by atoms with Crippen LogP contribution in [-0.4, -0.2) is 25.1 Å². The van der Waals surface area contributed by atoms with Crippen LogP contribution in [-0.2, 0) is 4.74 Å². The van der Waals surface area contributed by atoms with E-state index in [9.17, 15) is 0 Å². The van der Waals surface area contributed by atoms with Crippen LogP contribution in [0.5, 0.6) is 0 Å². The van der Waals surface area contributed by atoms with Gasteiger partial charge in [0, 0.05) is 19.1 Å². The van der Waals surface area contributed by atoms with Crippen molar-refractivity contribution in [1.82, 2.24) is 5.43 Å². The highest BCUT2D eigenvalue weighted by Crippen LogP contribution is 1.90. The molecule has 72 valence electrons. The molecule has 0 saturated heterocycles. The molecule has 0 aliphatic rings. The maximum atomic E-state index is 5.27. The summed E-state index contributed by atoms with van der Waals surface area (Å²) >= 11 is 0. The Morgan fingerprint density at radius 2 is 2.25 bits per heavy atom. The smallest absolute Gasteiger partial charge is 0.113 e. The highest BCUT2D eigenvalue weighted by molar-refractivity contribution is 5.81. The molecule has 4 nitrogen and oxygen atoms in total. The van der Waals surface area contributed by atoms with Crippen molar-refractivity contribution >= 4 is 5.84 Å². The molecule has 0 rings (SSSR count). The molecule has 0 aliphatic heterocycles. The summed E-state index contributed by atoms with van der Waals surface area (Å²) in [6.45, 7) is 7.40. The average molecular weight is 173 g/mol. The van der Waals surface area contributed by atoms with E-state index in [1.54, 1.807) is 0 Å². The molecule has 0 amide bonds. The van der Waals surface area contributed by atoms with Gasteiger partial charge >= 0.3 is 0 Å². The first-order valence-corrected chi connectivity index (χ1v) is 4.31. The largest absolute Gasteiger partial charge is 0.381 e. The molecular weight excluding hydrogens is 154 g/mol. The topological polar surface area (TPSA) is 59.6 Å². The highest BCUT2D eigenvalue weighted by atomic mass is 16.5. The van der Waals surface area contributed by atoms with Gasteiger partial charge in [0.15, 0.2) is 0 Å². The number of amidine groups is 1. The summed E-state index contributed by atoms with van der Waals surface area (Å²) in [6.07, 6.45) is 0.753. The van der Waals surface area contributed by atoms with Crippen LogP contribution < -0.4 is 11.3 Å². The Kier molecular flexibility index (Phi) is 6.70. The van der Waals surface area contributed by atoms with Crippen molar-refractivity contribution in [3.8, 4) is 0 Å². The van der Waals surface area contributed by atoms with Crippen LogP contribution in [0.3, 0.4) is 0 Å². The van der Waals surface area contributed by atoms with Crippen molar-refractivity contribution in [1.29, 1.82) is 0 Å². The Labute approximate surface area is 74.2 Å². The molecule has 0 aromatic carbocycles. The number of hydrazine groups is 1. The summed E-state index contributed by atoms with van der Waals surface area (Å²) in [5.74, 6) is 6.07. The van der Waals surface area contributed by atoms with Crippen LogP contribution in [0.25, 0.3) is 0 Å². The molecule has 0 fully saturated rings. The minimum absolute atomic E-state index is 0.276. The Hall–Kier alpha value is -0.610. The van der Waals surface area contributed by atoms with E-state index in [4.69, 9.17) is 10.6 Å². The lowest BCUT2D eigenvalue weighted by atomic mass is 10.3. The molecule has 0 bridgehead atoms. The third-order valence-electron chi connectivity index (χ3n) is 1.27. The first-order chi connectivity index (χ1) is 5.70. The number of hydrogen-bond donors (Lipinski definition) is 2. The van der Waals surface area contributed by atoms with Gasteiger partial charge in [0.2, 0.25) is 0 Å². The Morgan fingerprint density at radius 1 is 1.58 bits per heavy atom. The first-order valence-electron chi connectivity index (χ1n) is 4.31. The number of rotatable bonds is 5. The number of ether oxygens (including phenoxy) is 1. The second kappa shape index (κ2) is 7.06. The fraction of sp³-hybridized carbons (Fsp3) is 0.875. The van der Waals surface area contributed by atoms with Gasteiger partial charge in [-0.1, -0.05) is 0 Å². The summed E-state index contributed by atoms with van der Waals surface area (Å²) in [7, 11) is 0. The minimum Gasteiger partial charge on any atom is -0.381 e. The molecule has 0 radical (unpaired) electrons. The fourth-order valence-electron chi connectivity index (χ4n) is 0.799. The number of hydrogen-bond acceptors (Lipinski definition) is 3. The van der Waals surface area contributed by atoms with Crippen LogP contribution >= 0.6 is 0 Å². The molecule has 0 unspecified atom stereocenters. The zero-order chi connectivity index (χ0) is 9.40. The lowest BCUT2D eigenvalue weighted by Gasteiger charge is -2.07. The maximum absolute atomic E-state index is 5.27. The van der Waals surface area contributed by atoms with Gasteiger partial charge in [-0.05, 0) is 20.8 Å². The van der Waals surface area contributed by atoms with Gasteiger partial charge in [-0.3, -0.25) is 4.99 Å². The number of nitrogens with zero attached hydrogens (tertiary/aromatic N) is 1. The first kappa shape index (κ1) is 11.4. The van der Waals surface area contributed by atoms with E-state index in [0.29, 0.717) is 6.61 Å². The monoisotopic (exact) mass is 173 g/mol. The fourth-order valence-corrected chi connectivity index (χ4v) is 0.799. The van der Waals surface area contributed by atoms with E-state index in [1.165, 1.54) is 0 Å². The van der Waals surface area contributed by atoms with Crippen molar-refractivity contribution in [2.45, 2.75) is 33.2 Å². The standard InChI is InChI=1S/C8H19N3O/c1-4-12-6-5-8(11-9)10-7(2)3/h7H,4-6,9H2,1-3H3,(H,10,11). The normalized spacial score (nSPS) is 12.2. The molecule has 0 aromatic heterocycles. The third kappa shape index (κ3) is 6.12. The summed E-state index contributed by atoms with van der Waals surface area (Å²) in [6, 6.07) is 0.276. The summed E-state index contributed by atoms with van der Waals surface area (Å²) in [5.41, 5.74) is 2.56. The van der Waals surface area contributed by atoms with Crippen molar-refractivity contribution in [3.63, 3.8) is 0 Å². The van der Waals surface area contributed by atoms with Crippen LogP contribution in [0.2, 0.25) is 0 Å². The van der Waals surface area contributed by atoms with Gasteiger partial charge in [0.1, 0.15) is 5.84 Å². The quantitative estimate of drug-likeness (QED) is 0.211. The van der Waals surface area contributed by atoms with Gasteiger partial charge in [-0.15, -0.1) is 0 Å². The number of nitrogens with two attached hydrogens (primary N) is 1.